The van der Waals surface area contributed by atoms with Gasteiger partial charge in [0, 0.05) is 24.9 Å². The summed E-state index contributed by atoms with van der Waals surface area (Å²) in [6.45, 7) is 5.37. The molecule has 2 aromatic rings. The van der Waals surface area contributed by atoms with Crippen LogP contribution in [-0.2, 0) is 16.1 Å². The number of hydrogen-bond donors (Lipinski definition) is 1. The van der Waals surface area contributed by atoms with Crippen molar-refractivity contribution < 1.29 is 14.3 Å². The first-order chi connectivity index (χ1) is 14.5. The number of nitrogens with one attached hydrogen (secondary N) is 1. The summed E-state index contributed by atoms with van der Waals surface area (Å²) < 4.78 is 5.41. The molecule has 2 saturated heterocycles. The topological polar surface area (TPSA) is 74.8 Å². The van der Waals surface area contributed by atoms with E-state index in [2.05, 4.69) is 15.2 Å². The fraction of sp³-hybridized carbons (Fsp3) is 0.500. The van der Waals surface area contributed by atoms with E-state index in [4.69, 9.17) is 4.74 Å². The zero-order valence-electron chi connectivity index (χ0n) is 17.5. The van der Waals surface area contributed by atoms with Crippen molar-refractivity contribution in [2.75, 3.05) is 37.0 Å². The van der Waals surface area contributed by atoms with E-state index in [1.54, 1.807) is 12.0 Å². The van der Waals surface area contributed by atoms with Crippen molar-refractivity contribution in [3.8, 4) is 5.75 Å². The lowest BCUT2D eigenvalue weighted by Gasteiger charge is -2.25. The maximum atomic E-state index is 12.8. The van der Waals surface area contributed by atoms with Crippen LogP contribution in [0.3, 0.4) is 0 Å². The third kappa shape index (κ3) is 4.65. The van der Waals surface area contributed by atoms with Gasteiger partial charge in [-0.2, -0.15) is 0 Å². The molecule has 0 aliphatic carbocycles. The zero-order valence-corrected chi connectivity index (χ0v) is 18.3. The van der Waals surface area contributed by atoms with Gasteiger partial charge in [-0.25, -0.2) is 4.98 Å². The Labute approximate surface area is 181 Å². The number of thiazole rings is 1. The number of carbonyl (C=O) groups excluding carboxylic acids is 2. The van der Waals surface area contributed by atoms with Gasteiger partial charge >= 0.3 is 0 Å². The molecule has 2 amide bonds. The van der Waals surface area contributed by atoms with Crippen LogP contribution in [0.4, 0.5) is 10.8 Å². The van der Waals surface area contributed by atoms with Crippen molar-refractivity contribution in [1.82, 2.24) is 9.88 Å². The number of benzene rings is 1. The van der Waals surface area contributed by atoms with E-state index in [9.17, 15) is 9.59 Å². The van der Waals surface area contributed by atoms with Crippen LogP contribution < -0.4 is 15.0 Å². The second-order valence-corrected chi connectivity index (χ2v) is 8.91. The van der Waals surface area contributed by atoms with E-state index in [1.807, 2.05) is 30.5 Å². The van der Waals surface area contributed by atoms with Gasteiger partial charge in [-0.05, 0) is 50.6 Å². The Morgan fingerprint density at radius 3 is 2.87 bits per heavy atom. The number of hydrogen-bond acceptors (Lipinski definition) is 6. The van der Waals surface area contributed by atoms with Gasteiger partial charge in [0.2, 0.25) is 11.8 Å². The first-order valence-electron chi connectivity index (χ1n) is 10.5. The van der Waals surface area contributed by atoms with Crippen LogP contribution in [0, 0.1) is 12.8 Å². The van der Waals surface area contributed by atoms with Crippen LogP contribution in [-0.4, -0.2) is 48.4 Å². The molecule has 2 aliphatic rings. The lowest BCUT2D eigenvalue weighted by molar-refractivity contribution is -0.122. The normalized spacial score (nSPS) is 19.9. The summed E-state index contributed by atoms with van der Waals surface area (Å²) in [7, 11) is 1.59. The molecular weight excluding hydrogens is 400 g/mol. The Bertz CT molecular complexity index is 923. The van der Waals surface area contributed by atoms with E-state index in [0.717, 1.165) is 36.6 Å². The number of nitrogens with zero attached hydrogens (tertiary/aromatic N) is 3. The number of amides is 2. The van der Waals surface area contributed by atoms with Crippen LogP contribution in [0.25, 0.3) is 0 Å². The van der Waals surface area contributed by atoms with Gasteiger partial charge in [-0.3, -0.25) is 14.5 Å². The molecule has 4 rings (SSSR count). The predicted molar refractivity (Wildman–Crippen MR) is 118 cm³/mol. The van der Waals surface area contributed by atoms with Crippen molar-refractivity contribution >= 4 is 34.0 Å². The van der Waals surface area contributed by atoms with E-state index >= 15 is 0 Å². The maximum Gasteiger partial charge on any atom is 0.231 e. The average molecular weight is 429 g/mol. The molecule has 0 spiro atoms. The number of methoxy groups -OCH3 is 1. The number of anilines is 2. The summed E-state index contributed by atoms with van der Waals surface area (Å²) in [6, 6.07) is 5.71. The van der Waals surface area contributed by atoms with Gasteiger partial charge in [0.1, 0.15) is 5.75 Å². The number of rotatable bonds is 6. The summed E-state index contributed by atoms with van der Waals surface area (Å²) >= 11 is 1.44. The lowest BCUT2D eigenvalue weighted by atomic mass is 10.1. The number of aromatic nitrogens is 1. The summed E-state index contributed by atoms with van der Waals surface area (Å²) in [5.41, 5.74) is 2.75. The predicted octanol–water partition coefficient (Wildman–Crippen LogP) is 3.44. The molecule has 1 aromatic heterocycles. The van der Waals surface area contributed by atoms with Gasteiger partial charge in [0.25, 0.3) is 0 Å². The van der Waals surface area contributed by atoms with Crippen molar-refractivity contribution in [2.24, 2.45) is 5.92 Å². The Balaban J connectivity index is 1.38. The van der Waals surface area contributed by atoms with Crippen LogP contribution in [0.15, 0.2) is 23.6 Å². The highest BCUT2D eigenvalue weighted by Crippen LogP contribution is 2.34. The molecule has 1 aromatic carbocycles. The van der Waals surface area contributed by atoms with Gasteiger partial charge in [0.05, 0.1) is 24.4 Å². The summed E-state index contributed by atoms with van der Waals surface area (Å²) in [4.78, 5) is 34.1. The van der Waals surface area contributed by atoms with Gasteiger partial charge in [0.15, 0.2) is 5.13 Å². The molecule has 0 saturated carbocycles. The molecule has 30 heavy (non-hydrogen) atoms. The SMILES string of the molecule is COc1ccc(C)cc1N1CC(C(=O)Nc2nc(CN3CCCCC3)cs2)CC1=O. The van der Waals surface area contributed by atoms with E-state index in [1.165, 1.54) is 30.6 Å². The van der Waals surface area contributed by atoms with Gasteiger partial charge < -0.3 is 15.0 Å². The molecule has 1 atom stereocenters. The molecular formula is C22H28N4O3S. The van der Waals surface area contributed by atoms with Crippen molar-refractivity contribution in [3.05, 3.63) is 34.8 Å². The summed E-state index contributed by atoms with van der Waals surface area (Å²) in [5, 5.41) is 5.52. The Morgan fingerprint density at radius 1 is 1.30 bits per heavy atom. The highest BCUT2D eigenvalue weighted by atomic mass is 32.1. The number of ether oxygens (including phenoxy) is 1. The molecule has 2 aliphatic heterocycles. The maximum absolute atomic E-state index is 12.8. The van der Waals surface area contributed by atoms with Crippen molar-refractivity contribution in [3.63, 3.8) is 0 Å². The highest BCUT2D eigenvalue weighted by Gasteiger charge is 2.36. The Hall–Kier alpha value is -2.45. The second kappa shape index (κ2) is 9.14. The molecule has 1 N–H and O–H groups in total. The minimum Gasteiger partial charge on any atom is -0.495 e. The van der Waals surface area contributed by atoms with Crippen molar-refractivity contribution in [1.29, 1.82) is 0 Å². The van der Waals surface area contributed by atoms with Gasteiger partial charge in [-0.1, -0.05) is 12.5 Å². The molecule has 8 heteroatoms. The summed E-state index contributed by atoms with van der Waals surface area (Å²) in [6.07, 6.45) is 3.98. The molecule has 3 heterocycles. The van der Waals surface area contributed by atoms with Crippen LogP contribution in [0.2, 0.25) is 0 Å². The third-order valence-electron chi connectivity index (χ3n) is 5.74. The van der Waals surface area contributed by atoms with Crippen LogP contribution in [0.5, 0.6) is 5.75 Å². The first-order valence-corrected chi connectivity index (χ1v) is 11.3. The highest BCUT2D eigenvalue weighted by molar-refractivity contribution is 7.13. The Morgan fingerprint density at radius 2 is 2.10 bits per heavy atom. The fourth-order valence-electron chi connectivity index (χ4n) is 4.12. The van der Waals surface area contributed by atoms with Crippen LogP contribution in [0.1, 0.15) is 36.9 Å². The largest absolute Gasteiger partial charge is 0.495 e. The third-order valence-corrected chi connectivity index (χ3v) is 6.54. The second-order valence-electron chi connectivity index (χ2n) is 8.05. The number of likely N-dealkylation sites (tertiary alicyclic amines) is 1. The van der Waals surface area contributed by atoms with E-state index < -0.39 is 5.92 Å². The number of aryl methyl sites for hydroxylation is 1. The summed E-state index contributed by atoms with van der Waals surface area (Å²) in [5.74, 6) is 0.00904. The van der Waals surface area contributed by atoms with Crippen molar-refractivity contribution in [2.45, 2.75) is 39.2 Å². The quantitative estimate of drug-likeness (QED) is 0.763. The Kier molecular flexibility index (Phi) is 6.34. The van der Waals surface area contributed by atoms with Gasteiger partial charge in [-0.15, -0.1) is 11.3 Å². The molecule has 7 nitrogen and oxygen atoms in total. The minimum absolute atomic E-state index is 0.0658. The molecule has 1 unspecified atom stereocenters. The standard InChI is InChI=1S/C22H28N4O3S/c1-15-6-7-19(29-2)18(10-15)26-12-16(11-20(26)27)21(28)24-22-23-17(14-30-22)13-25-8-4-3-5-9-25/h6-7,10,14,16H,3-5,8-9,11-13H2,1-2H3,(H,23,24,28). The minimum atomic E-state index is -0.405. The van der Waals surface area contributed by atoms with E-state index in [-0.39, 0.29) is 18.2 Å². The fourth-order valence-corrected chi connectivity index (χ4v) is 4.82. The molecule has 0 radical (unpaired) electrons. The zero-order chi connectivity index (χ0) is 21.1. The molecule has 2 fully saturated rings. The lowest BCUT2D eigenvalue weighted by Crippen LogP contribution is -2.29. The smallest absolute Gasteiger partial charge is 0.231 e. The van der Waals surface area contributed by atoms with Crippen LogP contribution >= 0.6 is 11.3 Å². The number of carbonyl (C=O) groups is 2. The monoisotopic (exact) mass is 428 g/mol. The molecule has 160 valence electrons. The van der Waals surface area contributed by atoms with E-state index in [0.29, 0.717) is 17.4 Å². The average Bonchev–Trinajstić information content (AvgIpc) is 3.35. The first kappa shape index (κ1) is 20.8. The molecule has 0 bridgehead atoms. The number of piperidine rings is 1.